The Morgan fingerprint density at radius 2 is 1.85 bits per heavy atom. The zero-order valence-electron chi connectivity index (χ0n) is 11.9. The van der Waals surface area contributed by atoms with E-state index in [1.807, 2.05) is 44.2 Å². The van der Waals surface area contributed by atoms with Gasteiger partial charge in [-0.25, -0.2) is 0 Å². The highest BCUT2D eigenvalue weighted by Crippen LogP contribution is 2.30. The Morgan fingerprint density at radius 1 is 1.10 bits per heavy atom. The predicted octanol–water partition coefficient (Wildman–Crippen LogP) is 3.86. The van der Waals surface area contributed by atoms with Crippen LogP contribution < -0.4 is 4.74 Å². The van der Waals surface area contributed by atoms with Gasteiger partial charge in [0.25, 0.3) is 0 Å². The molecule has 0 saturated carbocycles. The van der Waals surface area contributed by atoms with Gasteiger partial charge in [-0.05, 0) is 50.5 Å². The molecule has 0 radical (unpaired) electrons. The Kier molecular flexibility index (Phi) is 3.31. The number of aryl methyl sites for hydroxylation is 3. The molecule has 0 unspecified atom stereocenters. The minimum absolute atomic E-state index is 0.0514. The van der Waals surface area contributed by atoms with Crippen LogP contribution in [0.1, 0.15) is 39.0 Å². The predicted molar refractivity (Wildman–Crippen MR) is 79.6 cm³/mol. The van der Waals surface area contributed by atoms with Gasteiger partial charge in [0.15, 0.2) is 5.78 Å². The van der Waals surface area contributed by atoms with E-state index < -0.39 is 0 Å². The Balaban J connectivity index is 2.06. The normalized spacial score (nSPS) is 13.5. The van der Waals surface area contributed by atoms with E-state index in [4.69, 9.17) is 4.74 Å². The minimum Gasteiger partial charge on any atom is -0.493 e. The molecule has 1 aliphatic heterocycles. The third-order valence-electron chi connectivity index (χ3n) is 3.66. The smallest absolute Gasteiger partial charge is 0.196 e. The van der Waals surface area contributed by atoms with Crippen molar-refractivity contribution in [2.24, 2.45) is 0 Å². The Labute approximate surface area is 119 Å². The molecule has 2 heteroatoms. The van der Waals surface area contributed by atoms with E-state index in [9.17, 15) is 4.79 Å². The average Bonchev–Trinajstić information content (AvgIpc) is 2.45. The number of carbonyl (C=O) groups is 1. The molecule has 1 heterocycles. The highest BCUT2D eigenvalue weighted by molar-refractivity contribution is 6.11. The molecule has 0 aromatic heterocycles. The maximum atomic E-state index is 12.7. The van der Waals surface area contributed by atoms with Gasteiger partial charge in [0.05, 0.1) is 12.2 Å². The second-order valence-electron chi connectivity index (χ2n) is 5.45. The summed E-state index contributed by atoms with van der Waals surface area (Å²) in [6.45, 7) is 4.73. The fraction of sp³-hybridized carbons (Fsp3) is 0.278. The summed E-state index contributed by atoms with van der Waals surface area (Å²) in [5, 5.41) is 0. The molecule has 102 valence electrons. The van der Waals surface area contributed by atoms with Crippen molar-refractivity contribution >= 4 is 5.78 Å². The van der Waals surface area contributed by atoms with Crippen molar-refractivity contribution in [3.63, 3.8) is 0 Å². The van der Waals surface area contributed by atoms with Crippen LogP contribution in [0.4, 0.5) is 0 Å². The van der Waals surface area contributed by atoms with Gasteiger partial charge in [0.1, 0.15) is 5.75 Å². The summed E-state index contributed by atoms with van der Waals surface area (Å²) < 4.78 is 5.74. The molecule has 2 nitrogen and oxygen atoms in total. The molecule has 0 bridgehead atoms. The molecule has 0 aliphatic carbocycles. The largest absolute Gasteiger partial charge is 0.493 e. The summed E-state index contributed by atoms with van der Waals surface area (Å²) in [7, 11) is 0. The van der Waals surface area contributed by atoms with E-state index in [-0.39, 0.29) is 5.78 Å². The summed E-state index contributed by atoms with van der Waals surface area (Å²) in [6, 6.07) is 11.8. The van der Waals surface area contributed by atoms with E-state index in [1.54, 1.807) is 0 Å². The van der Waals surface area contributed by atoms with Crippen LogP contribution in [0.3, 0.4) is 0 Å². The average molecular weight is 266 g/mol. The van der Waals surface area contributed by atoms with Gasteiger partial charge < -0.3 is 4.74 Å². The van der Waals surface area contributed by atoms with Crippen LogP contribution in [0.25, 0.3) is 0 Å². The molecule has 0 atom stereocenters. The molecule has 2 aromatic carbocycles. The SMILES string of the molecule is Cc1cc(C)cc(C(=O)c2cccc3c2OCCC3)c1. The lowest BCUT2D eigenvalue weighted by Crippen LogP contribution is -2.13. The van der Waals surface area contributed by atoms with Crippen LogP contribution in [-0.2, 0) is 6.42 Å². The van der Waals surface area contributed by atoms with Crippen LogP contribution in [-0.4, -0.2) is 12.4 Å². The van der Waals surface area contributed by atoms with Crippen molar-refractivity contribution in [3.8, 4) is 5.75 Å². The fourth-order valence-corrected chi connectivity index (χ4v) is 2.83. The van der Waals surface area contributed by atoms with Crippen LogP contribution >= 0.6 is 0 Å². The zero-order valence-corrected chi connectivity index (χ0v) is 11.9. The summed E-state index contributed by atoms with van der Waals surface area (Å²) in [5.74, 6) is 0.832. The number of ether oxygens (including phenoxy) is 1. The number of para-hydroxylation sites is 1. The Hall–Kier alpha value is -2.09. The van der Waals surface area contributed by atoms with Gasteiger partial charge in [-0.2, -0.15) is 0 Å². The van der Waals surface area contributed by atoms with Crippen LogP contribution in [0, 0.1) is 13.8 Å². The molecule has 3 rings (SSSR count). The number of benzene rings is 2. The molecular formula is C18H18O2. The number of fused-ring (bicyclic) bond motifs is 1. The topological polar surface area (TPSA) is 26.3 Å². The summed E-state index contributed by atoms with van der Waals surface area (Å²) in [6.07, 6.45) is 2.01. The molecule has 2 aromatic rings. The lowest BCUT2D eigenvalue weighted by molar-refractivity contribution is 0.103. The van der Waals surface area contributed by atoms with Crippen molar-refractivity contribution in [2.45, 2.75) is 26.7 Å². The van der Waals surface area contributed by atoms with Crippen molar-refractivity contribution < 1.29 is 9.53 Å². The quantitative estimate of drug-likeness (QED) is 0.771. The zero-order chi connectivity index (χ0) is 14.1. The number of hydrogen-bond donors (Lipinski definition) is 0. The van der Waals surface area contributed by atoms with E-state index >= 15 is 0 Å². The first-order valence-electron chi connectivity index (χ1n) is 7.03. The van der Waals surface area contributed by atoms with Crippen molar-refractivity contribution in [2.75, 3.05) is 6.61 Å². The standard InChI is InChI=1S/C18H18O2/c1-12-9-13(2)11-15(10-12)17(19)16-7-3-5-14-6-4-8-20-18(14)16/h3,5,7,9-11H,4,6,8H2,1-2H3. The monoisotopic (exact) mass is 266 g/mol. The summed E-state index contributed by atoms with van der Waals surface area (Å²) >= 11 is 0. The third-order valence-corrected chi connectivity index (χ3v) is 3.66. The first-order chi connectivity index (χ1) is 9.65. The van der Waals surface area contributed by atoms with E-state index in [1.165, 1.54) is 0 Å². The maximum absolute atomic E-state index is 12.7. The highest BCUT2D eigenvalue weighted by Gasteiger charge is 2.20. The van der Waals surface area contributed by atoms with Gasteiger partial charge in [-0.15, -0.1) is 0 Å². The number of carbonyl (C=O) groups excluding carboxylic acids is 1. The minimum atomic E-state index is 0.0514. The summed E-state index contributed by atoms with van der Waals surface area (Å²) in [4.78, 5) is 12.7. The molecular weight excluding hydrogens is 248 g/mol. The maximum Gasteiger partial charge on any atom is 0.196 e. The molecule has 20 heavy (non-hydrogen) atoms. The van der Waals surface area contributed by atoms with Crippen LogP contribution in [0.2, 0.25) is 0 Å². The van der Waals surface area contributed by atoms with E-state index in [2.05, 4.69) is 6.07 Å². The second kappa shape index (κ2) is 5.12. The first-order valence-corrected chi connectivity index (χ1v) is 7.03. The van der Waals surface area contributed by atoms with Crippen molar-refractivity contribution in [3.05, 3.63) is 64.2 Å². The van der Waals surface area contributed by atoms with Crippen LogP contribution in [0.5, 0.6) is 5.75 Å². The van der Waals surface area contributed by atoms with Gasteiger partial charge in [-0.1, -0.05) is 29.3 Å². The highest BCUT2D eigenvalue weighted by atomic mass is 16.5. The first kappa shape index (κ1) is 12.9. The molecule has 0 spiro atoms. The molecule has 0 amide bonds. The molecule has 0 fully saturated rings. The lowest BCUT2D eigenvalue weighted by atomic mass is 9.95. The van der Waals surface area contributed by atoms with Crippen LogP contribution in [0.15, 0.2) is 36.4 Å². The third kappa shape index (κ3) is 2.34. The van der Waals surface area contributed by atoms with E-state index in [0.29, 0.717) is 12.2 Å². The fourth-order valence-electron chi connectivity index (χ4n) is 2.83. The van der Waals surface area contributed by atoms with Crippen molar-refractivity contribution in [1.29, 1.82) is 0 Å². The lowest BCUT2D eigenvalue weighted by Gasteiger charge is -2.19. The van der Waals surface area contributed by atoms with Gasteiger partial charge in [0, 0.05) is 5.56 Å². The Bertz CT molecular complexity index is 651. The number of ketones is 1. The van der Waals surface area contributed by atoms with Gasteiger partial charge >= 0.3 is 0 Å². The number of hydrogen-bond acceptors (Lipinski definition) is 2. The molecule has 0 N–H and O–H groups in total. The summed E-state index contributed by atoms with van der Waals surface area (Å²) in [5.41, 5.74) is 4.79. The Morgan fingerprint density at radius 3 is 2.60 bits per heavy atom. The molecule has 1 aliphatic rings. The van der Waals surface area contributed by atoms with E-state index in [0.717, 1.165) is 40.8 Å². The van der Waals surface area contributed by atoms with Gasteiger partial charge in [0.2, 0.25) is 0 Å². The molecule has 0 saturated heterocycles. The second-order valence-corrected chi connectivity index (χ2v) is 5.45. The number of rotatable bonds is 2. The van der Waals surface area contributed by atoms with Gasteiger partial charge in [-0.3, -0.25) is 4.79 Å². The van der Waals surface area contributed by atoms with Crippen molar-refractivity contribution in [1.82, 2.24) is 0 Å².